The molecule has 0 atom stereocenters. The van der Waals surface area contributed by atoms with Crippen LogP contribution in [0.1, 0.15) is 11.4 Å². The van der Waals surface area contributed by atoms with E-state index in [2.05, 4.69) is 10.1 Å². The number of rotatable bonds is 3. The molecule has 1 heterocycles. The van der Waals surface area contributed by atoms with Crippen LogP contribution in [-0.2, 0) is 12.6 Å². The van der Waals surface area contributed by atoms with Crippen LogP contribution in [0.15, 0.2) is 22.7 Å². The highest BCUT2D eigenvalue weighted by molar-refractivity contribution is 5.55. The van der Waals surface area contributed by atoms with Gasteiger partial charge in [0, 0.05) is 6.42 Å². The first-order valence-corrected chi connectivity index (χ1v) is 5.32. The molecule has 4 nitrogen and oxygen atoms in total. The first-order chi connectivity index (χ1) is 8.93. The molecule has 1 aromatic heterocycles. The topological polar surface area (TPSA) is 64.9 Å². The molecule has 0 fully saturated rings. The highest BCUT2D eigenvalue weighted by Crippen LogP contribution is 2.34. The largest absolute Gasteiger partial charge is 0.419 e. The zero-order valence-corrected chi connectivity index (χ0v) is 9.54. The summed E-state index contributed by atoms with van der Waals surface area (Å²) in [5.74, 6) is -1.51. The van der Waals surface area contributed by atoms with Gasteiger partial charge in [0.1, 0.15) is 5.82 Å². The van der Waals surface area contributed by atoms with Gasteiger partial charge in [0.2, 0.25) is 0 Å². The normalized spacial score (nSPS) is 11.8. The Balaban J connectivity index is 2.45. The van der Waals surface area contributed by atoms with Crippen LogP contribution in [-0.4, -0.2) is 16.7 Å². The molecule has 0 radical (unpaired) electrons. The van der Waals surface area contributed by atoms with Crippen molar-refractivity contribution in [3.63, 3.8) is 0 Å². The summed E-state index contributed by atoms with van der Waals surface area (Å²) in [4.78, 5) is 3.79. The minimum Gasteiger partial charge on any atom is -0.334 e. The van der Waals surface area contributed by atoms with Crippen molar-refractivity contribution in [3.8, 4) is 11.5 Å². The van der Waals surface area contributed by atoms with Crippen molar-refractivity contribution in [3.05, 3.63) is 35.4 Å². The zero-order valence-electron chi connectivity index (χ0n) is 9.54. The minimum atomic E-state index is -4.78. The second-order valence-electron chi connectivity index (χ2n) is 3.72. The molecule has 0 saturated heterocycles. The molecule has 19 heavy (non-hydrogen) atoms. The summed E-state index contributed by atoms with van der Waals surface area (Å²) >= 11 is 0. The molecule has 2 rings (SSSR count). The van der Waals surface area contributed by atoms with Gasteiger partial charge >= 0.3 is 6.18 Å². The van der Waals surface area contributed by atoms with Gasteiger partial charge in [-0.1, -0.05) is 11.2 Å². The Hall–Kier alpha value is -1.96. The third kappa shape index (κ3) is 2.73. The van der Waals surface area contributed by atoms with Crippen molar-refractivity contribution in [1.82, 2.24) is 10.1 Å². The van der Waals surface area contributed by atoms with Crippen LogP contribution in [0.4, 0.5) is 17.6 Å². The Morgan fingerprint density at radius 2 is 2.00 bits per heavy atom. The van der Waals surface area contributed by atoms with E-state index in [1.807, 2.05) is 0 Å². The number of benzene rings is 1. The van der Waals surface area contributed by atoms with Crippen molar-refractivity contribution in [2.75, 3.05) is 6.54 Å². The molecule has 0 spiro atoms. The summed E-state index contributed by atoms with van der Waals surface area (Å²) in [6.45, 7) is 0.254. The van der Waals surface area contributed by atoms with Crippen molar-refractivity contribution in [2.45, 2.75) is 12.6 Å². The van der Waals surface area contributed by atoms with Crippen molar-refractivity contribution in [1.29, 1.82) is 0 Å². The van der Waals surface area contributed by atoms with E-state index in [1.54, 1.807) is 0 Å². The van der Waals surface area contributed by atoms with E-state index in [0.717, 1.165) is 12.1 Å². The van der Waals surface area contributed by atoms with Crippen LogP contribution >= 0.6 is 0 Å². The Bertz CT molecular complexity index is 580. The standard InChI is InChI=1S/C11H9F4N3O/c12-9-6(2-1-3-7(9)11(13,14)15)10-17-8(4-5-16)18-19-10/h1-3H,4-5,16H2. The number of nitrogens with zero attached hydrogens (tertiary/aromatic N) is 2. The van der Waals surface area contributed by atoms with Gasteiger partial charge in [0.25, 0.3) is 5.89 Å². The molecule has 0 aliphatic heterocycles. The van der Waals surface area contributed by atoms with Crippen LogP contribution in [0.3, 0.4) is 0 Å². The maximum absolute atomic E-state index is 13.8. The molecular formula is C11H9F4N3O. The Morgan fingerprint density at radius 3 is 2.63 bits per heavy atom. The zero-order chi connectivity index (χ0) is 14.0. The summed E-state index contributed by atoms with van der Waals surface area (Å²) in [5, 5.41) is 3.50. The van der Waals surface area contributed by atoms with E-state index >= 15 is 0 Å². The fourth-order valence-electron chi connectivity index (χ4n) is 1.51. The number of hydrogen-bond donors (Lipinski definition) is 1. The van der Waals surface area contributed by atoms with Crippen molar-refractivity contribution >= 4 is 0 Å². The molecule has 2 aromatic rings. The average molecular weight is 275 g/mol. The molecule has 0 saturated carbocycles. The molecule has 1 aromatic carbocycles. The second-order valence-corrected chi connectivity index (χ2v) is 3.72. The van der Waals surface area contributed by atoms with Crippen LogP contribution in [0.25, 0.3) is 11.5 Å². The summed E-state index contributed by atoms with van der Waals surface area (Å²) in [7, 11) is 0. The monoisotopic (exact) mass is 275 g/mol. The van der Waals surface area contributed by atoms with Gasteiger partial charge < -0.3 is 10.3 Å². The third-order valence-corrected chi connectivity index (χ3v) is 2.37. The molecular weight excluding hydrogens is 266 g/mol. The van der Waals surface area contributed by atoms with Crippen LogP contribution in [0.2, 0.25) is 0 Å². The maximum atomic E-state index is 13.8. The number of aromatic nitrogens is 2. The minimum absolute atomic E-state index is 0.217. The Labute approximate surface area is 105 Å². The van der Waals surface area contributed by atoms with Crippen LogP contribution in [0.5, 0.6) is 0 Å². The predicted molar refractivity (Wildman–Crippen MR) is 57.5 cm³/mol. The lowest BCUT2D eigenvalue weighted by Gasteiger charge is -2.08. The predicted octanol–water partition coefficient (Wildman–Crippen LogP) is 2.40. The molecule has 0 amide bonds. The Kier molecular flexibility index (Phi) is 3.52. The lowest BCUT2D eigenvalue weighted by atomic mass is 10.1. The van der Waals surface area contributed by atoms with E-state index < -0.39 is 17.6 Å². The maximum Gasteiger partial charge on any atom is 0.419 e. The van der Waals surface area contributed by atoms with E-state index in [0.29, 0.717) is 12.5 Å². The molecule has 0 aliphatic carbocycles. The van der Waals surface area contributed by atoms with Gasteiger partial charge in [-0.25, -0.2) is 4.39 Å². The SMILES string of the molecule is NCCc1noc(-c2cccc(C(F)(F)F)c2F)n1. The van der Waals surface area contributed by atoms with Gasteiger partial charge in [-0.2, -0.15) is 18.2 Å². The first-order valence-electron chi connectivity index (χ1n) is 5.32. The van der Waals surface area contributed by atoms with E-state index in [4.69, 9.17) is 10.3 Å². The fraction of sp³-hybridized carbons (Fsp3) is 0.273. The quantitative estimate of drug-likeness (QED) is 0.873. The van der Waals surface area contributed by atoms with Gasteiger partial charge in [-0.15, -0.1) is 0 Å². The lowest BCUT2D eigenvalue weighted by Crippen LogP contribution is -2.08. The van der Waals surface area contributed by atoms with Gasteiger partial charge in [-0.3, -0.25) is 0 Å². The second kappa shape index (κ2) is 4.96. The van der Waals surface area contributed by atoms with E-state index in [1.165, 1.54) is 0 Å². The third-order valence-electron chi connectivity index (χ3n) is 2.37. The average Bonchev–Trinajstić information content (AvgIpc) is 2.76. The Morgan fingerprint density at radius 1 is 1.26 bits per heavy atom. The van der Waals surface area contributed by atoms with E-state index in [9.17, 15) is 17.6 Å². The molecule has 0 unspecified atom stereocenters. The smallest absolute Gasteiger partial charge is 0.334 e. The number of hydrogen-bond acceptors (Lipinski definition) is 4. The summed E-state index contributed by atoms with van der Waals surface area (Å²) in [6, 6.07) is 2.87. The summed E-state index contributed by atoms with van der Waals surface area (Å²) in [6.07, 6.45) is -4.48. The summed E-state index contributed by atoms with van der Waals surface area (Å²) < 4.78 is 56.1. The molecule has 2 N–H and O–H groups in total. The van der Waals surface area contributed by atoms with Crippen molar-refractivity contribution in [2.24, 2.45) is 5.73 Å². The van der Waals surface area contributed by atoms with Gasteiger partial charge in [-0.05, 0) is 18.7 Å². The molecule has 0 aliphatic rings. The number of halogens is 4. The highest BCUT2D eigenvalue weighted by Gasteiger charge is 2.35. The van der Waals surface area contributed by atoms with Crippen molar-refractivity contribution < 1.29 is 22.1 Å². The number of alkyl halides is 3. The van der Waals surface area contributed by atoms with Gasteiger partial charge in [0.15, 0.2) is 5.82 Å². The fourth-order valence-corrected chi connectivity index (χ4v) is 1.51. The van der Waals surface area contributed by atoms with Crippen LogP contribution < -0.4 is 5.73 Å². The molecule has 102 valence electrons. The first kappa shape index (κ1) is 13.5. The van der Waals surface area contributed by atoms with Crippen LogP contribution in [0, 0.1) is 5.82 Å². The highest BCUT2D eigenvalue weighted by atomic mass is 19.4. The molecule has 0 bridgehead atoms. The number of nitrogens with two attached hydrogens (primary N) is 1. The molecule has 8 heteroatoms. The lowest BCUT2D eigenvalue weighted by molar-refractivity contribution is -0.139. The summed E-state index contributed by atoms with van der Waals surface area (Å²) in [5.41, 5.74) is 3.52. The van der Waals surface area contributed by atoms with E-state index in [-0.39, 0.29) is 23.8 Å². The van der Waals surface area contributed by atoms with Gasteiger partial charge in [0.05, 0.1) is 11.1 Å².